The molecule has 0 spiro atoms. The molecule has 5 rings (SSSR count). The fourth-order valence-corrected chi connectivity index (χ4v) is 4.74. The molecule has 0 fully saturated rings. The number of hydrogen-bond donors (Lipinski definition) is 0. The molecule has 1 amide bonds. The number of nitrogens with zero attached hydrogens (tertiary/aromatic N) is 2. The number of amides is 1. The first-order valence-corrected chi connectivity index (χ1v) is 12.1. The van der Waals surface area contributed by atoms with Crippen LogP contribution in [0.25, 0.3) is 0 Å². The second-order valence-electron chi connectivity index (χ2n) is 8.98. The maximum atomic E-state index is 13.5. The third-order valence-electron chi connectivity index (χ3n) is 6.50. The molecular formula is C31H30N2O. The highest BCUT2D eigenvalue weighted by molar-refractivity contribution is 5.94. The van der Waals surface area contributed by atoms with Crippen LogP contribution in [-0.4, -0.2) is 17.4 Å². The van der Waals surface area contributed by atoms with Crippen molar-refractivity contribution in [2.24, 2.45) is 0 Å². The van der Waals surface area contributed by atoms with Gasteiger partial charge in [0.15, 0.2) is 0 Å². The van der Waals surface area contributed by atoms with Crippen LogP contribution in [0, 0.1) is 0 Å². The van der Waals surface area contributed by atoms with Gasteiger partial charge in [0.25, 0.3) is 5.91 Å². The Labute approximate surface area is 202 Å². The van der Waals surface area contributed by atoms with Crippen LogP contribution in [0.4, 0.5) is 5.69 Å². The van der Waals surface area contributed by atoms with Crippen LogP contribution in [0.15, 0.2) is 109 Å². The molecule has 0 bridgehead atoms. The van der Waals surface area contributed by atoms with Gasteiger partial charge in [-0.1, -0.05) is 91.0 Å². The average molecular weight is 447 g/mol. The normalized spacial score (nSPS) is 12.8. The minimum Gasteiger partial charge on any atom is -0.367 e. The second-order valence-corrected chi connectivity index (χ2v) is 8.98. The van der Waals surface area contributed by atoms with Crippen molar-refractivity contribution in [1.29, 1.82) is 0 Å². The van der Waals surface area contributed by atoms with E-state index < -0.39 is 0 Å². The van der Waals surface area contributed by atoms with Crippen LogP contribution in [0.3, 0.4) is 0 Å². The van der Waals surface area contributed by atoms with Crippen molar-refractivity contribution in [3.8, 4) is 0 Å². The van der Waals surface area contributed by atoms with E-state index in [1.54, 1.807) is 0 Å². The van der Waals surface area contributed by atoms with Gasteiger partial charge in [0.2, 0.25) is 0 Å². The van der Waals surface area contributed by atoms with Crippen LogP contribution in [0.1, 0.15) is 39.0 Å². The predicted molar refractivity (Wildman–Crippen MR) is 139 cm³/mol. The molecule has 1 aliphatic heterocycles. The molecule has 1 aliphatic rings. The Morgan fingerprint density at radius 3 is 1.91 bits per heavy atom. The molecule has 0 saturated heterocycles. The SMILES string of the molecule is O=C(c1ccc(CN2CCCc3ccccc32)cc1)N(Cc1ccccc1)Cc1ccccc1. The minimum absolute atomic E-state index is 0.0579. The quantitative estimate of drug-likeness (QED) is 0.324. The molecule has 0 aromatic heterocycles. The van der Waals surface area contributed by atoms with Gasteiger partial charge in [-0.2, -0.15) is 0 Å². The lowest BCUT2D eigenvalue weighted by Gasteiger charge is -2.31. The van der Waals surface area contributed by atoms with E-state index >= 15 is 0 Å². The zero-order valence-electron chi connectivity index (χ0n) is 19.4. The van der Waals surface area contributed by atoms with Crippen LogP contribution >= 0.6 is 0 Å². The molecular weight excluding hydrogens is 416 g/mol. The maximum Gasteiger partial charge on any atom is 0.254 e. The summed E-state index contributed by atoms with van der Waals surface area (Å²) >= 11 is 0. The third kappa shape index (κ3) is 5.20. The summed E-state index contributed by atoms with van der Waals surface area (Å²) in [6, 6.07) is 37.3. The smallest absolute Gasteiger partial charge is 0.254 e. The molecule has 0 N–H and O–H groups in total. The van der Waals surface area contributed by atoms with Crippen LogP contribution in [0.2, 0.25) is 0 Å². The number of carbonyl (C=O) groups excluding carboxylic acids is 1. The van der Waals surface area contributed by atoms with Gasteiger partial charge in [0.1, 0.15) is 0 Å². The molecule has 34 heavy (non-hydrogen) atoms. The summed E-state index contributed by atoms with van der Waals surface area (Å²) in [4.78, 5) is 17.9. The van der Waals surface area contributed by atoms with E-state index in [4.69, 9.17) is 0 Å². The molecule has 4 aromatic carbocycles. The van der Waals surface area contributed by atoms with E-state index in [-0.39, 0.29) is 5.91 Å². The Balaban J connectivity index is 1.32. The van der Waals surface area contributed by atoms with Crippen molar-refractivity contribution < 1.29 is 4.79 Å². The van der Waals surface area contributed by atoms with Crippen molar-refractivity contribution in [2.45, 2.75) is 32.5 Å². The molecule has 4 aromatic rings. The standard InChI is InChI=1S/C31H30N2O/c34-31(33(23-25-10-3-1-4-11-25)24-26-12-5-2-6-13-26)29-19-17-27(18-20-29)22-32-21-9-15-28-14-7-8-16-30(28)32/h1-8,10-14,16-20H,9,15,21-24H2. The van der Waals surface area contributed by atoms with Gasteiger partial charge < -0.3 is 9.80 Å². The monoisotopic (exact) mass is 446 g/mol. The topological polar surface area (TPSA) is 23.6 Å². The Bertz CT molecular complexity index is 1180. The predicted octanol–water partition coefficient (Wildman–Crippen LogP) is 6.48. The van der Waals surface area contributed by atoms with E-state index in [1.807, 2.05) is 53.4 Å². The lowest BCUT2D eigenvalue weighted by Crippen LogP contribution is -2.30. The Kier molecular flexibility index (Phi) is 6.71. The molecule has 3 heteroatoms. The van der Waals surface area contributed by atoms with E-state index in [1.165, 1.54) is 23.2 Å². The number of rotatable bonds is 7. The van der Waals surface area contributed by atoms with E-state index in [0.29, 0.717) is 13.1 Å². The van der Waals surface area contributed by atoms with Gasteiger partial charge in [0, 0.05) is 37.4 Å². The second kappa shape index (κ2) is 10.4. The van der Waals surface area contributed by atoms with Crippen LogP contribution in [-0.2, 0) is 26.1 Å². The highest BCUT2D eigenvalue weighted by Gasteiger charge is 2.19. The number of carbonyl (C=O) groups is 1. The maximum absolute atomic E-state index is 13.5. The lowest BCUT2D eigenvalue weighted by atomic mass is 10.0. The summed E-state index contributed by atoms with van der Waals surface area (Å²) in [5, 5.41) is 0. The Morgan fingerprint density at radius 1 is 0.676 bits per heavy atom. The fraction of sp³-hybridized carbons (Fsp3) is 0.194. The molecule has 0 atom stereocenters. The summed E-state index contributed by atoms with van der Waals surface area (Å²) in [6.07, 6.45) is 2.33. The molecule has 0 unspecified atom stereocenters. The minimum atomic E-state index is 0.0579. The zero-order valence-corrected chi connectivity index (χ0v) is 19.4. The van der Waals surface area contributed by atoms with E-state index in [2.05, 4.69) is 65.6 Å². The lowest BCUT2D eigenvalue weighted by molar-refractivity contribution is 0.0730. The molecule has 0 saturated carbocycles. The van der Waals surface area contributed by atoms with Crippen LogP contribution < -0.4 is 4.90 Å². The number of fused-ring (bicyclic) bond motifs is 1. The summed E-state index contributed by atoms with van der Waals surface area (Å²) in [5.74, 6) is 0.0579. The van der Waals surface area contributed by atoms with E-state index in [9.17, 15) is 4.79 Å². The van der Waals surface area contributed by atoms with Gasteiger partial charge in [-0.15, -0.1) is 0 Å². The Morgan fingerprint density at radius 2 is 1.26 bits per heavy atom. The van der Waals surface area contributed by atoms with Gasteiger partial charge in [-0.25, -0.2) is 0 Å². The number of aryl methyl sites for hydroxylation is 1. The highest BCUT2D eigenvalue weighted by atomic mass is 16.2. The van der Waals surface area contributed by atoms with Gasteiger partial charge in [-0.05, 0) is 53.3 Å². The van der Waals surface area contributed by atoms with Crippen molar-refractivity contribution in [3.05, 3.63) is 137 Å². The zero-order chi connectivity index (χ0) is 23.2. The first-order valence-electron chi connectivity index (χ1n) is 12.1. The first-order chi connectivity index (χ1) is 16.8. The van der Waals surface area contributed by atoms with Crippen molar-refractivity contribution >= 4 is 11.6 Å². The summed E-state index contributed by atoms with van der Waals surface area (Å²) in [6.45, 7) is 3.10. The number of anilines is 1. The third-order valence-corrected chi connectivity index (χ3v) is 6.50. The van der Waals surface area contributed by atoms with Gasteiger partial charge in [-0.3, -0.25) is 4.79 Å². The number of benzene rings is 4. The number of para-hydroxylation sites is 1. The first kappa shape index (κ1) is 22.0. The summed E-state index contributed by atoms with van der Waals surface area (Å²) in [5.41, 5.74) is 6.99. The van der Waals surface area contributed by atoms with E-state index in [0.717, 1.165) is 36.2 Å². The highest BCUT2D eigenvalue weighted by Crippen LogP contribution is 2.28. The molecule has 3 nitrogen and oxygen atoms in total. The van der Waals surface area contributed by atoms with Gasteiger partial charge >= 0.3 is 0 Å². The van der Waals surface area contributed by atoms with Crippen molar-refractivity contribution in [2.75, 3.05) is 11.4 Å². The fourth-order valence-electron chi connectivity index (χ4n) is 4.74. The molecule has 0 aliphatic carbocycles. The van der Waals surface area contributed by atoms with Crippen molar-refractivity contribution in [3.63, 3.8) is 0 Å². The summed E-state index contributed by atoms with van der Waals surface area (Å²) in [7, 11) is 0. The average Bonchev–Trinajstić information content (AvgIpc) is 2.90. The molecule has 1 heterocycles. The largest absolute Gasteiger partial charge is 0.367 e. The van der Waals surface area contributed by atoms with Crippen molar-refractivity contribution in [1.82, 2.24) is 4.90 Å². The van der Waals surface area contributed by atoms with Gasteiger partial charge in [0.05, 0.1) is 0 Å². The summed E-state index contributed by atoms with van der Waals surface area (Å²) < 4.78 is 0. The Hall–Kier alpha value is -3.85. The molecule has 170 valence electrons. The molecule has 0 radical (unpaired) electrons. The number of hydrogen-bond acceptors (Lipinski definition) is 2. The van der Waals surface area contributed by atoms with Crippen LogP contribution in [0.5, 0.6) is 0 Å².